The van der Waals surface area contributed by atoms with E-state index in [1.54, 1.807) is 6.07 Å². The van der Waals surface area contributed by atoms with Crippen LogP contribution in [-0.2, 0) is 13.0 Å². The monoisotopic (exact) mass is 280 g/mol. The van der Waals surface area contributed by atoms with Gasteiger partial charge in [0.15, 0.2) is 0 Å². The molecule has 0 radical (unpaired) electrons. The van der Waals surface area contributed by atoms with E-state index in [1.807, 2.05) is 21.6 Å². The number of hydrogen-bond acceptors (Lipinski definition) is 4. The Morgan fingerprint density at radius 2 is 2.05 bits per heavy atom. The summed E-state index contributed by atoms with van der Waals surface area (Å²) < 4.78 is 0. The minimum Gasteiger partial charge on any atom is -0.323 e. The maximum absolute atomic E-state index is 12.4. The lowest BCUT2D eigenvalue weighted by atomic mass is 10.1. The summed E-state index contributed by atoms with van der Waals surface area (Å²) in [5.41, 5.74) is 1.56. The fourth-order valence-corrected chi connectivity index (χ4v) is 3.37. The van der Waals surface area contributed by atoms with Gasteiger partial charge in [-0.05, 0) is 0 Å². The molecule has 2 aliphatic rings. The second-order valence-corrected chi connectivity index (χ2v) is 5.98. The minimum atomic E-state index is -0.206. The van der Waals surface area contributed by atoms with Crippen molar-refractivity contribution in [1.82, 2.24) is 20.0 Å². The predicted octanol–water partition coefficient (Wildman–Crippen LogP) is 0.297. The topological polar surface area (TPSA) is 69.3 Å². The van der Waals surface area contributed by atoms with Gasteiger partial charge in [-0.15, -0.1) is 0 Å². The number of aromatic nitrogens is 2. The van der Waals surface area contributed by atoms with Crippen LogP contribution in [0.2, 0.25) is 0 Å². The molecule has 0 bridgehead atoms. The van der Waals surface area contributed by atoms with Gasteiger partial charge in [0.25, 0.3) is 5.56 Å². The lowest BCUT2D eigenvalue weighted by Crippen LogP contribution is -2.48. The zero-order valence-electron chi connectivity index (χ0n) is 10.6. The summed E-state index contributed by atoms with van der Waals surface area (Å²) in [7, 11) is 0. The van der Waals surface area contributed by atoms with Crippen molar-refractivity contribution in [1.29, 1.82) is 0 Å². The number of carbonyl (C=O) groups is 1. The number of hydrogen-bond donors (Lipinski definition) is 1. The molecule has 0 unspecified atom stereocenters. The Morgan fingerprint density at radius 3 is 2.84 bits per heavy atom. The van der Waals surface area contributed by atoms with E-state index in [4.69, 9.17) is 0 Å². The lowest BCUT2D eigenvalue weighted by Gasteiger charge is -2.34. The molecule has 7 heteroatoms. The molecule has 6 nitrogen and oxygen atoms in total. The first kappa shape index (κ1) is 12.5. The van der Waals surface area contributed by atoms with E-state index in [0.717, 1.165) is 35.9 Å². The van der Waals surface area contributed by atoms with E-state index in [0.29, 0.717) is 19.5 Å². The molecule has 2 aliphatic heterocycles. The summed E-state index contributed by atoms with van der Waals surface area (Å²) in [5.74, 6) is 2.02. The molecule has 2 amide bonds. The third kappa shape index (κ3) is 2.60. The fraction of sp³-hybridized carbons (Fsp3) is 0.583. The second-order valence-electron chi connectivity index (χ2n) is 4.76. The van der Waals surface area contributed by atoms with Crippen LogP contribution in [0.1, 0.15) is 11.3 Å². The molecular weight excluding hydrogens is 264 g/mol. The number of nitrogens with one attached hydrogen (secondary N) is 1. The summed E-state index contributed by atoms with van der Waals surface area (Å²) in [6.45, 7) is 2.81. The number of rotatable bonds is 0. The first-order chi connectivity index (χ1) is 9.24. The number of fused-ring (bicyclic) bond motifs is 1. The maximum atomic E-state index is 12.4. The molecule has 0 aliphatic carbocycles. The number of aromatic amines is 1. The van der Waals surface area contributed by atoms with Gasteiger partial charge in [0.05, 0.1) is 5.69 Å². The quantitative estimate of drug-likeness (QED) is 0.742. The van der Waals surface area contributed by atoms with Crippen LogP contribution in [-0.4, -0.2) is 57.2 Å². The molecule has 0 atom stereocenters. The highest BCUT2D eigenvalue weighted by Crippen LogP contribution is 2.18. The van der Waals surface area contributed by atoms with Crippen molar-refractivity contribution >= 4 is 17.8 Å². The highest BCUT2D eigenvalue weighted by molar-refractivity contribution is 7.99. The third-order valence-corrected chi connectivity index (χ3v) is 4.45. The van der Waals surface area contributed by atoms with Gasteiger partial charge in [-0.1, -0.05) is 0 Å². The molecule has 1 N–H and O–H groups in total. The van der Waals surface area contributed by atoms with Crippen LogP contribution >= 0.6 is 11.8 Å². The Hall–Kier alpha value is -1.50. The molecule has 1 saturated heterocycles. The minimum absolute atomic E-state index is 0.0891. The van der Waals surface area contributed by atoms with Crippen LogP contribution in [0.15, 0.2) is 10.9 Å². The number of carbonyl (C=O) groups excluding carboxylic acids is 1. The Kier molecular flexibility index (Phi) is 3.46. The maximum Gasteiger partial charge on any atom is 0.320 e. The Morgan fingerprint density at radius 1 is 1.26 bits per heavy atom. The van der Waals surface area contributed by atoms with Gasteiger partial charge in [0.2, 0.25) is 0 Å². The van der Waals surface area contributed by atoms with Crippen molar-refractivity contribution < 1.29 is 4.79 Å². The number of nitrogens with zero attached hydrogens (tertiary/aromatic N) is 3. The average molecular weight is 280 g/mol. The molecular formula is C12H16N4O2S. The highest BCUT2D eigenvalue weighted by atomic mass is 32.2. The van der Waals surface area contributed by atoms with Gasteiger partial charge >= 0.3 is 6.03 Å². The molecule has 1 fully saturated rings. The van der Waals surface area contributed by atoms with Crippen molar-refractivity contribution in [2.24, 2.45) is 0 Å². The normalized spacial score (nSPS) is 19.2. The molecule has 0 aromatic carbocycles. The second kappa shape index (κ2) is 5.24. The molecule has 0 spiro atoms. The van der Waals surface area contributed by atoms with E-state index in [9.17, 15) is 9.59 Å². The highest BCUT2D eigenvalue weighted by Gasteiger charge is 2.26. The molecule has 3 rings (SSSR count). The van der Waals surface area contributed by atoms with Gasteiger partial charge < -0.3 is 9.80 Å². The molecule has 0 saturated carbocycles. The molecule has 3 heterocycles. The van der Waals surface area contributed by atoms with Crippen LogP contribution in [0, 0.1) is 0 Å². The largest absolute Gasteiger partial charge is 0.323 e. The number of thioether (sulfide) groups is 1. The van der Waals surface area contributed by atoms with Crippen LogP contribution in [0.25, 0.3) is 0 Å². The molecule has 102 valence electrons. The van der Waals surface area contributed by atoms with E-state index in [-0.39, 0.29) is 11.6 Å². The Bertz CT molecular complexity index is 539. The SMILES string of the molecule is O=C(N1CCSCC1)N1CCc2n[nH]c(=O)cc2C1. The fourth-order valence-electron chi connectivity index (χ4n) is 2.47. The first-order valence-corrected chi connectivity index (χ1v) is 7.58. The standard InChI is InChI=1S/C12H16N4O2S/c17-11-7-9-8-16(2-1-10(9)13-14-11)12(18)15-3-5-19-6-4-15/h7H,1-6,8H2,(H,14,17). The van der Waals surface area contributed by atoms with E-state index in [2.05, 4.69) is 10.2 Å². The molecule has 1 aromatic rings. The van der Waals surface area contributed by atoms with Crippen molar-refractivity contribution in [3.63, 3.8) is 0 Å². The predicted molar refractivity (Wildman–Crippen MR) is 73.3 cm³/mol. The van der Waals surface area contributed by atoms with Crippen molar-refractivity contribution in [2.75, 3.05) is 31.1 Å². The van der Waals surface area contributed by atoms with E-state index < -0.39 is 0 Å². The summed E-state index contributed by atoms with van der Waals surface area (Å²) in [4.78, 5) is 27.4. The van der Waals surface area contributed by atoms with Gasteiger partial charge in [0, 0.05) is 55.7 Å². The van der Waals surface area contributed by atoms with Crippen molar-refractivity contribution in [3.8, 4) is 0 Å². The van der Waals surface area contributed by atoms with E-state index in [1.165, 1.54) is 0 Å². The summed E-state index contributed by atoms with van der Waals surface area (Å²) in [6.07, 6.45) is 0.709. The molecule has 1 aromatic heterocycles. The van der Waals surface area contributed by atoms with Crippen LogP contribution in [0.3, 0.4) is 0 Å². The first-order valence-electron chi connectivity index (χ1n) is 6.43. The van der Waals surface area contributed by atoms with E-state index >= 15 is 0 Å². The zero-order chi connectivity index (χ0) is 13.2. The van der Waals surface area contributed by atoms with Gasteiger partial charge in [-0.25, -0.2) is 9.89 Å². The smallest absolute Gasteiger partial charge is 0.320 e. The molecule has 19 heavy (non-hydrogen) atoms. The lowest BCUT2D eigenvalue weighted by molar-refractivity contribution is 0.151. The third-order valence-electron chi connectivity index (χ3n) is 3.51. The number of urea groups is 1. The van der Waals surface area contributed by atoms with Gasteiger partial charge in [-0.2, -0.15) is 16.9 Å². The van der Waals surface area contributed by atoms with Crippen LogP contribution < -0.4 is 5.56 Å². The summed E-state index contributed by atoms with van der Waals surface area (Å²) in [5, 5.41) is 6.48. The number of H-pyrrole nitrogens is 1. The van der Waals surface area contributed by atoms with Crippen LogP contribution in [0.4, 0.5) is 4.79 Å². The van der Waals surface area contributed by atoms with Gasteiger partial charge in [0.1, 0.15) is 0 Å². The Balaban J connectivity index is 1.74. The van der Waals surface area contributed by atoms with Gasteiger partial charge in [-0.3, -0.25) is 4.79 Å². The van der Waals surface area contributed by atoms with Crippen molar-refractivity contribution in [2.45, 2.75) is 13.0 Å². The Labute approximate surface area is 115 Å². The zero-order valence-corrected chi connectivity index (χ0v) is 11.4. The summed E-state index contributed by atoms with van der Waals surface area (Å²) in [6, 6.07) is 1.64. The average Bonchev–Trinajstić information content (AvgIpc) is 2.46. The van der Waals surface area contributed by atoms with Crippen molar-refractivity contribution in [3.05, 3.63) is 27.7 Å². The number of amides is 2. The summed E-state index contributed by atoms with van der Waals surface area (Å²) >= 11 is 1.89. The van der Waals surface area contributed by atoms with Crippen LogP contribution in [0.5, 0.6) is 0 Å².